The predicted octanol–water partition coefficient (Wildman–Crippen LogP) is 2.27. The molecule has 2 aromatic rings. The van der Waals surface area contributed by atoms with Crippen LogP contribution in [0.2, 0.25) is 0 Å². The Bertz CT molecular complexity index is 666. The maximum absolute atomic E-state index is 11.4. The molecular weight excluding hydrogens is 282 g/mol. The first-order valence-corrected chi connectivity index (χ1v) is 8.10. The quantitative estimate of drug-likeness (QED) is 0.906. The lowest BCUT2D eigenvalue weighted by Crippen LogP contribution is -2.13. The summed E-state index contributed by atoms with van der Waals surface area (Å²) in [5, 5.41) is 11.2. The molecule has 1 aromatic heterocycles. The molecule has 0 aliphatic heterocycles. The van der Waals surface area contributed by atoms with Crippen LogP contribution in [0.5, 0.6) is 0 Å². The van der Waals surface area contributed by atoms with Crippen LogP contribution < -0.4 is 10.5 Å². The van der Waals surface area contributed by atoms with Gasteiger partial charge in [-0.25, -0.2) is 18.5 Å². The highest BCUT2D eigenvalue weighted by atomic mass is 32.2. The lowest BCUT2D eigenvalue weighted by Gasteiger charge is -2.15. The second-order valence-electron chi connectivity index (χ2n) is 4.26. The third-order valence-electron chi connectivity index (χ3n) is 2.73. The zero-order valence-electron chi connectivity index (χ0n) is 10.6. The molecular formula is C12H15N3O2S2. The number of sulfonamides is 1. The number of benzene rings is 1. The highest BCUT2D eigenvalue weighted by molar-refractivity contribution is 7.89. The fourth-order valence-electron chi connectivity index (χ4n) is 1.68. The molecule has 0 fully saturated rings. The summed E-state index contributed by atoms with van der Waals surface area (Å²) in [5.41, 5.74) is 1.70. The molecule has 0 bridgehead atoms. The molecule has 1 heterocycles. The van der Waals surface area contributed by atoms with Gasteiger partial charge in [0, 0.05) is 17.3 Å². The summed E-state index contributed by atoms with van der Waals surface area (Å²) in [6.07, 6.45) is 1.74. The smallest absolute Gasteiger partial charge is 0.238 e. The van der Waals surface area contributed by atoms with Crippen LogP contribution in [0, 0.1) is 6.92 Å². The van der Waals surface area contributed by atoms with Gasteiger partial charge in [0.15, 0.2) is 0 Å². The molecule has 3 N–H and O–H groups in total. The maximum atomic E-state index is 11.4. The Hall–Kier alpha value is -1.44. The van der Waals surface area contributed by atoms with E-state index in [1.165, 1.54) is 6.07 Å². The van der Waals surface area contributed by atoms with Crippen LogP contribution in [-0.2, 0) is 10.0 Å². The molecule has 102 valence electrons. The van der Waals surface area contributed by atoms with Crippen LogP contribution >= 0.6 is 11.3 Å². The fraction of sp³-hybridized carbons (Fsp3) is 0.250. The maximum Gasteiger partial charge on any atom is 0.238 e. The van der Waals surface area contributed by atoms with E-state index in [0.29, 0.717) is 0 Å². The lowest BCUT2D eigenvalue weighted by molar-refractivity contribution is 0.598. The molecule has 0 saturated heterocycles. The number of hydrogen-bond acceptors (Lipinski definition) is 5. The van der Waals surface area contributed by atoms with Crippen LogP contribution in [-0.4, -0.2) is 13.4 Å². The number of aryl methyl sites for hydroxylation is 1. The molecule has 5 nitrogen and oxygen atoms in total. The van der Waals surface area contributed by atoms with Crippen molar-refractivity contribution in [3.8, 4) is 0 Å². The second-order valence-corrected chi connectivity index (χ2v) is 6.75. The number of primary sulfonamides is 1. The van der Waals surface area contributed by atoms with Crippen LogP contribution in [0.3, 0.4) is 0 Å². The van der Waals surface area contributed by atoms with Crippen molar-refractivity contribution in [3.63, 3.8) is 0 Å². The number of nitrogens with one attached hydrogen (secondary N) is 1. The zero-order chi connectivity index (χ0) is 14.0. The molecule has 0 amide bonds. The topological polar surface area (TPSA) is 85.1 Å². The zero-order valence-corrected chi connectivity index (χ0v) is 12.3. The highest BCUT2D eigenvalue weighted by Crippen LogP contribution is 2.25. The van der Waals surface area contributed by atoms with Gasteiger partial charge in [-0.3, -0.25) is 0 Å². The lowest BCUT2D eigenvalue weighted by atomic mass is 10.2. The Morgan fingerprint density at radius 2 is 2.16 bits per heavy atom. The van der Waals surface area contributed by atoms with E-state index in [1.54, 1.807) is 29.7 Å². The van der Waals surface area contributed by atoms with Gasteiger partial charge in [0.1, 0.15) is 5.01 Å². The predicted molar refractivity (Wildman–Crippen MR) is 76.7 cm³/mol. The summed E-state index contributed by atoms with van der Waals surface area (Å²) < 4.78 is 22.7. The van der Waals surface area contributed by atoms with Crippen LogP contribution in [0.25, 0.3) is 0 Å². The molecule has 0 aliphatic carbocycles. The first kappa shape index (κ1) is 14.0. The number of aromatic nitrogens is 1. The largest absolute Gasteiger partial charge is 0.376 e. The monoisotopic (exact) mass is 297 g/mol. The minimum atomic E-state index is -3.68. The van der Waals surface area contributed by atoms with Gasteiger partial charge in [-0.15, -0.1) is 11.3 Å². The number of rotatable bonds is 4. The summed E-state index contributed by atoms with van der Waals surface area (Å²) in [6, 6.07) is 4.80. The Balaban J connectivity index is 2.30. The molecule has 7 heteroatoms. The van der Waals surface area contributed by atoms with Crippen molar-refractivity contribution in [3.05, 3.63) is 40.3 Å². The molecule has 1 atom stereocenters. The van der Waals surface area contributed by atoms with Crippen molar-refractivity contribution in [2.45, 2.75) is 24.8 Å². The van der Waals surface area contributed by atoms with Crippen molar-refractivity contribution in [1.29, 1.82) is 0 Å². The summed E-state index contributed by atoms with van der Waals surface area (Å²) >= 11 is 1.55. The Labute approximate surface area is 116 Å². The van der Waals surface area contributed by atoms with E-state index < -0.39 is 10.0 Å². The minimum absolute atomic E-state index is 0.00873. The van der Waals surface area contributed by atoms with Crippen molar-refractivity contribution in [1.82, 2.24) is 4.98 Å². The third-order valence-corrected chi connectivity index (χ3v) is 4.60. The van der Waals surface area contributed by atoms with Gasteiger partial charge in [-0.2, -0.15) is 0 Å². The van der Waals surface area contributed by atoms with E-state index >= 15 is 0 Å². The number of nitrogens with two attached hydrogens (primary N) is 1. The van der Waals surface area contributed by atoms with E-state index in [9.17, 15) is 8.42 Å². The van der Waals surface area contributed by atoms with E-state index in [4.69, 9.17) is 5.14 Å². The van der Waals surface area contributed by atoms with E-state index in [0.717, 1.165) is 16.3 Å². The van der Waals surface area contributed by atoms with Crippen molar-refractivity contribution >= 4 is 27.0 Å². The van der Waals surface area contributed by atoms with Gasteiger partial charge in [-0.1, -0.05) is 6.07 Å². The van der Waals surface area contributed by atoms with Crippen LogP contribution in [0.15, 0.2) is 34.7 Å². The normalized spacial score (nSPS) is 13.2. The average Bonchev–Trinajstić information content (AvgIpc) is 2.84. The minimum Gasteiger partial charge on any atom is -0.376 e. The summed E-state index contributed by atoms with van der Waals surface area (Å²) in [6.45, 7) is 3.88. The van der Waals surface area contributed by atoms with Crippen LogP contribution in [0.1, 0.15) is 23.5 Å². The molecule has 0 radical (unpaired) electrons. The molecule has 0 spiro atoms. The molecule has 1 unspecified atom stereocenters. The van der Waals surface area contributed by atoms with Crippen molar-refractivity contribution < 1.29 is 8.42 Å². The summed E-state index contributed by atoms with van der Waals surface area (Å²) in [4.78, 5) is 4.33. The van der Waals surface area contributed by atoms with Gasteiger partial charge < -0.3 is 5.32 Å². The number of nitrogens with zero attached hydrogens (tertiary/aromatic N) is 1. The van der Waals surface area contributed by atoms with E-state index in [1.807, 2.05) is 19.2 Å². The Kier molecular flexibility index (Phi) is 3.88. The highest BCUT2D eigenvalue weighted by Gasteiger charge is 2.13. The van der Waals surface area contributed by atoms with Gasteiger partial charge >= 0.3 is 0 Å². The first-order valence-electron chi connectivity index (χ1n) is 5.67. The van der Waals surface area contributed by atoms with Gasteiger partial charge in [0.2, 0.25) is 10.0 Å². The third kappa shape index (κ3) is 3.31. The van der Waals surface area contributed by atoms with Crippen molar-refractivity contribution in [2.75, 3.05) is 5.32 Å². The molecule has 0 saturated carbocycles. The van der Waals surface area contributed by atoms with Gasteiger partial charge in [-0.05, 0) is 31.5 Å². The average molecular weight is 297 g/mol. The molecule has 19 heavy (non-hydrogen) atoms. The number of hydrogen-bond donors (Lipinski definition) is 2. The second kappa shape index (κ2) is 5.28. The molecule has 2 rings (SSSR count). The number of anilines is 1. The van der Waals surface area contributed by atoms with Gasteiger partial charge in [0.25, 0.3) is 0 Å². The van der Waals surface area contributed by atoms with E-state index in [2.05, 4.69) is 10.3 Å². The van der Waals surface area contributed by atoms with Crippen LogP contribution in [0.4, 0.5) is 5.69 Å². The van der Waals surface area contributed by atoms with Gasteiger partial charge in [0.05, 0.1) is 10.9 Å². The molecule has 0 aliphatic rings. The molecule has 1 aromatic carbocycles. The van der Waals surface area contributed by atoms with Crippen molar-refractivity contribution in [2.24, 2.45) is 5.14 Å². The standard InChI is InChI=1S/C12H15N3O2S2/c1-8-3-4-10(19(13,16)17)7-11(8)15-9(2)12-14-5-6-18-12/h3-7,9,15H,1-2H3,(H2,13,16,17). The summed E-state index contributed by atoms with van der Waals surface area (Å²) in [5.74, 6) is 0. The fourth-order valence-corrected chi connectivity index (χ4v) is 2.86. The Morgan fingerprint density at radius 1 is 1.42 bits per heavy atom. The SMILES string of the molecule is Cc1ccc(S(N)(=O)=O)cc1NC(C)c1nccs1. The first-order chi connectivity index (χ1) is 8.88. The van der Waals surface area contributed by atoms with E-state index in [-0.39, 0.29) is 10.9 Å². The number of thiazole rings is 1. The Morgan fingerprint density at radius 3 is 2.74 bits per heavy atom. The summed E-state index contributed by atoms with van der Waals surface area (Å²) in [7, 11) is -3.68.